The van der Waals surface area contributed by atoms with Crippen LogP contribution in [-0.4, -0.2) is 35.7 Å². The lowest BCUT2D eigenvalue weighted by atomic mass is 10.1. The molecule has 3 rings (SSSR count). The number of rotatable bonds is 6. The fraction of sp³-hybridized carbons (Fsp3) is 0.333. The van der Waals surface area contributed by atoms with Crippen molar-refractivity contribution in [3.8, 4) is 17.4 Å². The predicted octanol–water partition coefficient (Wildman–Crippen LogP) is 2.87. The average Bonchev–Trinajstić information content (AvgIpc) is 3.07. The number of aromatic nitrogens is 1. The Morgan fingerprint density at radius 3 is 2.88 bits per heavy atom. The molecule has 0 spiro atoms. The van der Waals surface area contributed by atoms with E-state index in [0.717, 1.165) is 11.3 Å². The van der Waals surface area contributed by atoms with E-state index >= 15 is 0 Å². The Hall–Kier alpha value is -2.76. The zero-order chi connectivity index (χ0) is 16.9. The van der Waals surface area contributed by atoms with Gasteiger partial charge in [0.2, 0.25) is 12.7 Å². The first-order valence-corrected chi connectivity index (χ1v) is 7.98. The molecule has 1 aliphatic rings. The molecule has 0 saturated carbocycles. The van der Waals surface area contributed by atoms with Gasteiger partial charge in [0, 0.05) is 19.3 Å². The van der Waals surface area contributed by atoms with Gasteiger partial charge in [0.15, 0.2) is 11.5 Å². The van der Waals surface area contributed by atoms with Crippen LogP contribution in [0.4, 0.5) is 0 Å². The molecule has 6 nitrogen and oxygen atoms in total. The minimum Gasteiger partial charge on any atom is -0.477 e. The van der Waals surface area contributed by atoms with Crippen molar-refractivity contribution >= 4 is 5.91 Å². The van der Waals surface area contributed by atoms with Crippen LogP contribution in [0.25, 0.3) is 0 Å². The SMILES string of the molecule is CCOc1ncccc1C(=O)N(CC)Cc1ccc2c(c1)OCO2. The van der Waals surface area contributed by atoms with E-state index in [2.05, 4.69) is 4.98 Å². The molecule has 6 heteroatoms. The lowest BCUT2D eigenvalue weighted by molar-refractivity contribution is 0.0747. The number of pyridine rings is 1. The van der Waals surface area contributed by atoms with E-state index in [0.29, 0.717) is 36.9 Å². The zero-order valence-corrected chi connectivity index (χ0v) is 13.8. The van der Waals surface area contributed by atoms with Gasteiger partial charge in [-0.2, -0.15) is 0 Å². The van der Waals surface area contributed by atoms with E-state index in [9.17, 15) is 4.79 Å². The fourth-order valence-corrected chi connectivity index (χ4v) is 2.56. The summed E-state index contributed by atoms with van der Waals surface area (Å²) in [6.07, 6.45) is 1.62. The van der Waals surface area contributed by atoms with Crippen LogP contribution in [0.1, 0.15) is 29.8 Å². The third-order valence-electron chi connectivity index (χ3n) is 3.76. The number of fused-ring (bicyclic) bond motifs is 1. The second kappa shape index (κ2) is 7.21. The second-order valence-electron chi connectivity index (χ2n) is 5.30. The summed E-state index contributed by atoms with van der Waals surface area (Å²) in [5, 5.41) is 0. The summed E-state index contributed by atoms with van der Waals surface area (Å²) >= 11 is 0. The number of carbonyl (C=O) groups excluding carboxylic acids is 1. The minimum absolute atomic E-state index is 0.105. The van der Waals surface area contributed by atoms with Crippen LogP contribution >= 0.6 is 0 Å². The van der Waals surface area contributed by atoms with E-state index in [1.54, 1.807) is 23.2 Å². The molecule has 126 valence electrons. The topological polar surface area (TPSA) is 60.9 Å². The van der Waals surface area contributed by atoms with Gasteiger partial charge in [0.05, 0.1) is 6.61 Å². The minimum atomic E-state index is -0.105. The van der Waals surface area contributed by atoms with Gasteiger partial charge < -0.3 is 19.1 Å². The number of ether oxygens (including phenoxy) is 3. The Labute approximate surface area is 141 Å². The van der Waals surface area contributed by atoms with Crippen molar-refractivity contribution in [2.24, 2.45) is 0 Å². The first-order valence-electron chi connectivity index (χ1n) is 7.98. The molecule has 0 atom stereocenters. The number of nitrogens with zero attached hydrogens (tertiary/aromatic N) is 2. The molecule has 1 aromatic carbocycles. The van der Waals surface area contributed by atoms with Crippen molar-refractivity contribution in [3.05, 3.63) is 47.7 Å². The van der Waals surface area contributed by atoms with Gasteiger partial charge in [0.25, 0.3) is 5.91 Å². The molecule has 0 saturated heterocycles. The first-order chi connectivity index (χ1) is 11.7. The molecule has 2 aromatic rings. The monoisotopic (exact) mass is 328 g/mol. The molecular formula is C18H20N2O4. The molecule has 1 aromatic heterocycles. The van der Waals surface area contributed by atoms with Crippen molar-refractivity contribution in [2.75, 3.05) is 19.9 Å². The summed E-state index contributed by atoms with van der Waals surface area (Å²) in [7, 11) is 0. The maximum absolute atomic E-state index is 12.9. The van der Waals surface area contributed by atoms with E-state index in [1.807, 2.05) is 32.0 Å². The van der Waals surface area contributed by atoms with E-state index in [1.165, 1.54) is 0 Å². The van der Waals surface area contributed by atoms with Gasteiger partial charge in [-0.1, -0.05) is 6.07 Å². The molecule has 1 aliphatic heterocycles. The van der Waals surface area contributed by atoms with Crippen LogP contribution in [0.15, 0.2) is 36.5 Å². The van der Waals surface area contributed by atoms with Gasteiger partial charge in [-0.15, -0.1) is 0 Å². The maximum atomic E-state index is 12.9. The Morgan fingerprint density at radius 1 is 1.25 bits per heavy atom. The van der Waals surface area contributed by atoms with Crippen molar-refractivity contribution in [2.45, 2.75) is 20.4 Å². The van der Waals surface area contributed by atoms with Crippen LogP contribution in [0.5, 0.6) is 17.4 Å². The number of amides is 1. The van der Waals surface area contributed by atoms with Crippen LogP contribution in [-0.2, 0) is 6.54 Å². The van der Waals surface area contributed by atoms with Crippen molar-refractivity contribution in [3.63, 3.8) is 0 Å². The summed E-state index contributed by atoms with van der Waals surface area (Å²) in [6.45, 7) is 5.57. The van der Waals surface area contributed by atoms with Crippen LogP contribution in [0.2, 0.25) is 0 Å². The highest BCUT2D eigenvalue weighted by Gasteiger charge is 2.21. The van der Waals surface area contributed by atoms with Crippen LogP contribution in [0.3, 0.4) is 0 Å². The molecule has 24 heavy (non-hydrogen) atoms. The number of benzene rings is 1. The van der Waals surface area contributed by atoms with Gasteiger partial charge in [-0.3, -0.25) is 4.79 Å². The fourth-order valence-electron chi connectivity index (χ4n) is 2.56. The Balaban J connectivity index is 1.80. The highest BCUT2D eigenvalue weighted by atomic mass is 16.7. The highest BCUT2D eigenvalue weighted by molar-refractivity contribution is 5.96. The van der Waals surface area contributed by atoms with E-state index < -0.39 is 0 Å². The third kappa shape index (κ3) is 3.27. The van der Waals surface area contributed by atoms with Gasteiger partial charge in [-0.25, -0.2) is 4.98 Å². The lowest BCUT2D eigenvalue weighted by Crippen LogP contribution is -2.30. The molecule has 2 heterocycles. The van der Waals surface area contributed by atoms with Crippen molar-refractivity contribution in [1.29, 1.82) is 0 Å². The summed E-state index contributed by atoms with van der Waals surface area (Å²) in [6, 6.07) is 9.19. The summed E-state index contributed by atoms with van der Waals surface area (Å²) in [5.41, 5.74) is 1.46. The van der Waals surface area contributed by atoms with Gasteiger partial charge in [-0.05, 0) is 43.7 Å². The van der Waals surface area contributed by atoms with Crippen LogP contribution < -0.4 is 14.2 Å². The maximum Gasteiger partial charge on any atom is 0.259 e. The average molecular weight is 328 g/mol. The molecule has 0 radical (unpaired) electrons. The van der Waals surface area contributed by atoms with Gasteiger partial charge >= 0.3 is 0 Å². The van der Waals surface area contributed by atoms with E-state index in [-0.39, 0.29) is 12.7 Å². The number of hydrogen-bond acceptors (Lipinski definition) is 5. The Kier molecular flexibility index (Phi) is 4.84. The third-order valence-corrected chi connectivity index (χ3v) is 3.76. The normalized spacial score (nSPS) is 12.1. The molecule has 0 bridgehead atoms. The summed E-state index contributed by atoms with van der Waals surface area (Å²) < 4.78 is 16.2. The Morgan fingerprint density at radius 2 is 2.08 bits per heavy atom. The standard InChI is InChI=1S/C18H20N2O4/c1-3-20(11-13-7-8-15-16(10-13)24-12-23-15)18(21)14-6-5-9-19-17(14)22-4-2/h5-10H,3-4,11-12H2,1-2H3. The molecule has 0 aliphatic carbocycles. The largest absolute Gasteiger partial charge is 0.477 e. The molecule has 0 N–H and O–H groups in total. The van der Waals surface area contributed by atoms with Crippen LogP contribution in [0, 0.1) is 0 Å². The predicted molar refractivity (Wildman–Crippen MR) is 88.4 cm³/mol. The molecule has 0 unspecified atom stereocenters. The zero-order valence-electron chi connectivity index (χ0n) is 13.8. The molecule has 0 fully saturated rings. The lowest BCUT2D eigenvalue weighted by Gasteiger charge is -2.22. The summed E-state index contributed by atoms with van der Waals surface area (Å²) in [5.74, 6) is 1.72. The molecular weight excluding hydrogens is 308 g/mol. The summed E-state index contributed by atoms with van der Waals surface area (Å²) in [4.78, 5) is 18.8. The molecule has 1 amide bonds. The second-order valence-corrected chi connectivity index (χ2v) is 5.30. The first kappa shape index (κ1) is 16.1. The highest BCUT2D eigenvalue weighted by Crippen LogP contribution is 2.33. The Bertz CT molecular complexity index is 733. The number of carbonyl (C=O) groups is 1. The van der Waals surface area contributed by atoms with E-state index in [4.69, 9.17) is 14.2 Å². The quantitative estimate of drug-likeness (QED) is 0.816. The van der Waals surface area contributed by atoms with Crippen molar-refractivity contribution < 1.29 is 19.0 Å². The smallest absolute Gasteiger partial charge is 0.259 e. The van der Waals surface area contributed by atoms with Crippen molar-refractivity contribution in [1.82, 2.24) is 9.88 Å². The number of hydrogen-bond donors (Lipinski definition) is 0. The van der Waals surface area contributed by atoms with Gasteiger partial charge in [0.1, 0.15) is 5.56 Å².